The van der Waals surface area contributed by atoms with Crippen molar-refractivity contribution in [3.8, 4) is 5.69 Å². The first kappa shape index (κ1) is 20.0. The molecule has 2 amide bonds. The van der Waals surface area contributed by atoms with Crippen molar-refractivity contribution in [3.05, 3.63) is 82.8 Å². The average molecular weight is 417 g/mol. The largest absolute Gasteiger partial charge is 0.364 e. The molecule has 4 rings (SSSR count). The van der Waals surface area contributed by atoms with Crippen LogP contribution in [0.2, 0.25) is 0 Å². The molecule has 0 unspecified atom stereocenters. The molecule has 31 heavy (non-hydrogen) atoms. The number of nitrogens with zero attached hydrogens (tertiary/aromatic N) is 5. The Hall–Kier alpha value is -4.34. The van der Waals surface area contributed by atoms with Crippen LogP contribution in [-0.2, 0) is 11.3 Å². The zero-order valence-electron chi connectivity index (χ0n) is 16.6. The van der Waals surface area contributed by atoms with Crippen molar-refractivity contribution in [3.63, 3.8) is 0 Å². The summed E-state index contributed by atoms with van der Waals surface area (Å²) in [7, 11) is 0. The van der Waals surface area contributed by atoms with Crippen LogP contribution in [0.25, 0.3) is 16.5 Å². The van der Waals surface area contributed by atoms with Crippen LogP contribution in [0.1, 0.15) is 29.0 Å². The molecule has 0 bridgehead atoms. The van der Waals surface area contributed by atoms with Crippen LogP contribution in [0.15, 0.2) is 66.0 Å². The number of benzene rings is 2. The van der Waals surface area contributed by atoms with Gasteiger partial charge in [-0.25, -0.2) is 14.3 Å². The quantitative estimate of drug-likeness (QED) is 0.479. The Kier molecular flexibility index (Phi) is 5.27. The van der Waals surface area contributed by atoms with Gasteiger partial charge in [0.15, 0.2) is 5.69 Å². The van der Waals surface area contributed by atoms with Gasteiger partial charge >= 0.3 is 0 Å². The van der Waals surface area contributed by atoms with E-state index in [0.29, 0.717) is 5.39 Å². The molecular formula is C21H19N7O3. The molecule has 0 aliphatic heterocycles. The van der Waals surface area contributed by atoms with E-state index in [2.05, 4.69) is 20.5 Å². The second kappa shape index (κ2) is 8.19. The Balaban J connectivity index is 1.52. The molecule has 0 radical (unpaired) electrons. The zero-order chi connectivity index (χ0) is 22.0. The summed E-state index contributed by atoms with van der Waals surface area (Å²) in [6, 6.07) is 13.7. The maximum absolute atomic E-state index is 12.7. The minimum atomic E-state index is -0.772. The highest BCUT2D eigenvalue weighted by Gasteiger charge is 2.17. The van der Waals surface area contributed by atoms with E-state index >= 15 is 0 Å². The molecule has 2 heterocycles. The summed E-state index contributed by atoms with van der Waals surface area (Å²) in [6.07, 6.45) is 3.04. The highest BCUT2D eigenvalue weighted by molar-refractivity contribution is 6.04. The molecule has 0 aliphatic rings. The van der Waals surface area contributed by atoms with E-state index in [0.717, 1.165) is 15.9 Å². The Labute approximate surface area is 176 Å². The molecule has 3 N–H and O–H groups in total. The van der Waals surface area contributed by atoms with Gasteiger partial charge in [-0.1, -0.05) is 30.3 Å². The molecule has 4 aromatic rings. The summed E-state index contributed by atoms with van der Waals surface area (Å²) in [5, 5.41) is 11.5. The van der Waals surface area contributed by atoms with Gasteiger partial charge in [0.05, 0.1) is 17.1 Å². The molecule has 0 spiro atoms. The van der Waals surface area contributed by atoms with Gasteiger partial charge in [0.25, 0.3) is 11.5 Å². The molecule has 0 fully saturated rings. The Morgan fingerprint density at radius 2 is 1.81 bits per heavy atom. The van der Waals surface area contributed by atoms with E-state index in [1.807, 2.05) is 31.2 Å². The summed E-state index contributed by atoms with van der Waals surface area (Å²) in [4.78, 5) is 41.0. The molecule has 0 saturated heterocycles. The molecule has 1 atom stereocenters. The van der Waals surface area contributed by atoms with Gasteiger partial charge in [0.2, 0.25) is 5.91 Å². The van der Waals surface area contributed by atoms with Gasteiger partial charge in [-0.15, -0.1) is 0 Å². The number of primary amides is 1. The first-order valence-corrected chi connectivity index (χ1v) is 9.48. The van der Waals surface area contributed by atoms with E-state index in [9.17, 15) is 14.4 Å². The summed E-state index contributed by atoms with van der Waals surface area (Å²) in [6.45, 7) is 1.49. The molecule has 0 saturated carbocycles. The van der Waals surface area contributed by atoms with Gasteiger partial charge in [0, 0.05) is 5.39 Å². The molecule has 10 nitrogen and oxygen atoms in total. The smallest absolute Gasteiger partial charge is 0.275 e. The Morgan fingerprint density at radius 1 is 1.10 bits per heavy atom. The number of carbonyl (C=O) groups excluding carboxylic acids is 2. The number of amides is 2. The van der Waals surface area contributed by atoms with E-state index in [-0.39, 0.29) is 23.7 Å². The monoisotopic (exact) mass is 417 g/mol. The van der Waals surface area contributed by atoms with Gasteiger partial charge in [-0.2, -0.15) is 10.2 Å². The molecule has 10 heteroatoms. The van der Waals surface area contributed by atoms with Gasteiger partial charge in [-0.3, -0.25) is 14.4 Å². The SMILES string of the molecule is C[C@@H](NC(=O)Cn1nc(C(N)=O)c2ccccc2c1=O)c1ccc(-n2cncn2)cc1. The van der Waals surface area contributed by atoms with Crippen molar-refractivity contribution >= 4 is 22.6 Å². The third-order valence-electron chi connectivity index (χ3n) is 4.85. The predicted molar refractivity (Wildman–Crippen MR) is 112 cm³/mol. The van der Waals surface area contributed by atoms with Crippen molar-refractivity contribution < 1.29 is 9.59 Å². The lowest BCUT2D eigenvalue weighted by Crippen LogP contribution is -2.36. The predicted octanol–water partition coefficient (Wildman–Crippen LogP) is 0.953. The lowest BCUT2D eigenvalue weighted by atomic mass is 10.1. The number of hydrogen-bond donors (Lipinski definition) is 2. The topological polar surface area (TPSA) is 138 Å². The maximum Gasteiger partial charge on any atom is 0.275 e. The molecular weight excluding hydrogens is 398 g/mol. The van der Waals surface area contributed by atoms with Crippen LogP contribution in [0, 0.1) is 0 Å². The molecule has 2 aromatic heterocycles. The standard InChI is InChI=1S/C21H19N7O3/c1-13(14-6-8-15(9-7-14)28-12-23-11-24-28)25-18(29)10-27-21(31)17-5-3-2-4-16(17)19(26-27)20(22)30/h2-9,11-13H,10H2,1H3,(H2,22,30)(H,25,29)/t13-/m1/s1. The minimum absolute atomic E-state index is 0.0558. The molecule has 156 valence electrons. The Bertz CT molecular complexity index is 1310. The maximum atomic E-state index is 12.7. The molecule has 2 aromatic carbocycles. The highest BCUT2D eigenvalue weighted by atomic mass is 16.2. The fourth-order valence-electron chi connectivity index (χ4n) is 3.29. The van der Waals surface area contributed by atoms with E-state index in [1.165, 1.54) is 6.33 Å². The van der Waals surface area contributed by atoms with Crippen LogP contribution >= 0.6 is 0 Å². The fourth-order valence-corrected chi connectivity index (χ4v) is 3.29. The minimum Gasteiger partial charge on any atom is -0.364 e. The highest BCUT2D eigenvalue weighted by Crippen LogP contribution is 2.16. The second-order valence-corrected chi connectivity index (χ2v) is 6.94. The molecule has 0 aliphatic carbocycles. The van der Waals surface area contributed by atoms with Crippen molar-refractivity contribution in [1.82, 2.24) is 29.9 Å². The fraction of sp³-hybridized carbons (Fsp3) is 0.143. The lowest BCUT2D eigenvalue weighted by molar-refractivity contribution is -0.122. The van der Waals surface area contributed by atoms with Gasteiger partial charge < -0.3 is 11.1 Å². The number of nitrogens with two attached hydrogens (primary N) is 1. The van der Waals surface area contributed by atoms with Crippen LogP contribution in [0.4, 0.5) is 0 Å². The van der Waals surface area contributed by atoms with Crippen LogP contribution in [-0.4, -0.2) is 36.4 Å². The summed E-state index contributed by atoms with van der Waals surface area (Å²) in [5.74, 6) is -1.20. The zero-order valence-corrected chi connectivity index (χ0v) is 16.6. The number of nitrogens with one attached hydrogen (secondary N) is 1. The van der Waals surface area contributed by atoms with Crippen molar-refractivity contribution in [1.29, 1.82) is 0 Å². The number of aromatic nitrogens is 5. The summed E-state index contributed by atoms with van der Waals surface area (Å²) in [5.41, 5.74) is 6.59. The van der Waals surface area contributed by atoms with Crippen molar-refractivity contribution in [2.45, 2.75) is 19.5 Å². The number of carbonyl (C=O) groups is 2. The van der Waals surface area contributed by atoms with Crippen LogP contribution < -0.4 is 16.6 Å². The van der Waals surface area contributed by atoms with Crippen LogP contribution in [0.5, 0.6) is 0 Å². The normalized spacial score (nSPS) is 11.9. The first-order chi connectivity index (χ1) is 14.9. The first-order valence-electron chi connectivity index (χ1n) is 9.48. The van der Waals surface area contributed by atoms with E-state index in [1.54, 1.807) is 35.3 Å². The Morgan fingerprint density at radius 3 is 2.45 bits per heavy atom. The summed E-state index contributed by atoms with van der Waals surface area (Å²) >= 11 is 0. The third-order valence-corrected chi connectivity index (χ3v) is 4.85. The summed E-state index contributed by atoms with van der Waals surface area (Å²) < 4.78 is 2.58. The van der Waals surface area contributed by atoms with Crippen LogP contribution in [0.3, 0.4) is 0 Å². The van der Waals surface area contributed by atoms with Gasteiger partial charge in [-0.05, 0) is 30.7 Å². The average Bonchev–Trinajstić information content (AvgIpc) is 3.30. The second-order valence-electron chi connectivity index (χ2n) is 6.94. The number of hydrogen-bond acceptors (Lipinski definition) is 6. The van der Waals surface area contributed by atoms with Crippen molar-refractivity contribution in [2.75, 3.05) is 0 Å². The number of fused-ring (bicyclic) bond motifs is 1. The van der Waals surface area contributed by atoms with E-state index in [4.69, 9.17) is 5.73 Å². The lowest BCUT2D eigenvalue weighted by Gasteiger charge is -2.16. The third kappa shape index (κ3) is 4.04. The van der Waals surface area contributed by atoms with Gasteiger partial charge in [0.1, 0.15) is 19.2 Å². The van der Waals surface area contributed by atoms with E-state index < -0.39 is 17.4 Å². The van der Waals surface area contributed by atoms with Crippen molar-refractivity contribution in [2.24, 2.45) is 5.73 Å². The number of rotatable bonds is 6.